The Hall–Kier alpha value is -3.16. The molecule has 8 heteroatoms. The summed E-state index contributed by atoms with van der Waals surface area (Å²) in [6, 6.07) is 5.71. The van der Waals surface area contributed by atoms with Crippen LogP contribution in [0.1, 0.15) is 31.4 Å². The highest BCUT2D eigenvalue weighted by atomic mass is 16.1. The number of nitrogens with one attached hydrogen (secondary N) is 3. The standard InChI is InChI=1S/C19H27N7O/c1-12-5-7-16-8-6-15(9-17(16)24-12)10-22-19(27)18(23-11-21-4)13(2)25-26-14(3)20/h6,8-9,11,13,24-25H,1,5,7,10H2,2-4H3,(H2,20,26)(H,22,27). The van der Waals surface area contributed by atoms with Gasteiger partial charge in [0.05, 0.1) is 6.04 Å². The molecule has 0 spiro atoms. The molecule has 0 bridgehead atoms. The Morgan fingerprint density at radius 1 is 1.44 bits per heavy atom. The number of fused-ring (bicyclic) bond motifs is 1. The van der Waals surface area contributed by atoms with E-state index in [0.717, 1.165) is 29.8 Å². The number of aliphatic imine (C=N–C) groups is 2. The van der Waals surface area contributed by atoms with Crippen LogP contribution in [0.5, 0.6) is 0 Å². The minimum Gasteiger partial charge on any atom is -0.386 e. The van der Waals surface area contributed by atoms with Crippen LogP contribution in [0.25, 0.3) is 0 Å². The van der Waals surface area contributed by atoms with E-state index in [4.69, 9.17) is 5.73 Å². The van der Waals surface area contributed by atoms with Crippen molar-refractivity contribution in [3.63, 3.8) is 0 Å². The number of hydrazone groups is 1. The zero-order valence-electron chi connectivity index (χ0n) is 16.0. The van der Waals surface area contributed by atoms with E-state index in [0.29, 0.717) is 12.4 Å². The van der Waals surface area contributed by atoms with E-state index >= 15 is 0 Å². The maximum atomic E-state index is 12.6. The lowest BCUT2D eigenvalue weighted by Crippen LogP contribution is -2.42. The quantitative estimate of drug-likeness (QED) is 0.331. The Balaban J connectivity index is 2.06. The summed E-state index contributed by atoms with van der Waals surface area (Å²) in [5, 5.41) is 10.1. The number of carbonyl (C=O) groups excluding carboxylic acids is 1. The molecule has 1 aliphatic heterocycles. The van der Waals surface area contributed by atoms with Crippen LogP contribution < -0.4 is 21.8 Å². The molecular weight excluding hydrogens is 342 g/mol. The molecular formula is C19H27N7O. The van der Waals surface area contributed by atoms with Gasteiger partial charge in [0.1, 0.15) is 17.9 Å². The Morgan fingerprint density at radius 2 is 2.22 bits per heavy atom. The molecule has 1 atom stereocenters. The molecule has 2 rings (SSSR count). The number of amidine groups is 1. The average Bonchev–Trinajstić information content (AvgIpc) is 2.64. The predicted octanol–water partition coefficient (Wildman–Crippen LogP) is 1.54. The summed E-state index contributed by atoms with van der Waals surface area (Å²) in [6.45, 7) is 7.80. The molecule has 27 heavy (non-hydrogen) atoms. The van der Waals surface area contributed by atoms with E-state index in [1.165, 1.54) is 11.9 Å². The number of nitrogens with zero attached hydrogens (tertiary/aromatic N) is 3. The fourth-order valence-corrected chi connectivity index (χ4v) is 2.63. The molecule has 1 amide bonds. The Morgan fingerprint density at radius 3 is 2.93 bits per heavy atom. The van der Waals surface area contributed by atoms with Gasteiger partial charge in [-0.25, -0.2) is 4.99 Å². The lowest BCUT2D eigenvalue weighted by molar-refractivity contribution is -0.115. The molecule has 0 aromatic heterocycles. The number of anilines is 1. The maximum absolute atomic E-state index is 12.6. The summed E-state index contributed by atoms with van der Waals surface area (Å²) >= 11 is 0. The predicted molar refractivity (Wildman–Crippen MR) is 111 cm³/mol. The molecule has 8 nitrogen and oxygen atoms in total. The summed E-state index contributed by atoms with van der Waals surface area (Å²) in [6.07, 6.45) is 3.25. The Bertz CT molecular complexity index is 791. The number of aryl methyl sites for hydroxylation is 1. The summed E-state index contributed by atoms with van der Waals surface area (Å²) in [5.74, 6) is 0.0729. The molecule has 0 saturated carbocycles. The van der Waals surface area contributed by atoms with Crippen LogP contribution in [0.15, 0.2) is 45.6 Å². The minimum atomic E-state index is -0.421. The number of nitrogens with two attached hydrogens (primary N) is 1. The summed E-state index contributed by atoms with van der Waals surface area (Å²) < 4.78 is 0. The highest BCUT2D eigenvalue weighted by molar-refractivity contribution is 6.41. The van der Waals surface area contributed by atoms with Crippen molar-refractivity contribution in [2.75, 3.05) is 12.4 Å². The van der Waals surface area contributed by atoms with Gasteiger partial charge in [-0.3, -0.25) is 15.2 Å². The van der Waals surface area contributed by atoms with Gasteiger partial charge in [-0.05, 0) is 43.9 Å². The second-order valence-corrected chi connectivity index (χ2v) is 6.39. The van der Waals surface area contributed by atoms with E-state index in [2.05, 4.69) is 43.8 Å². The van der Waals surface area contributed by atoms with Crippen LogP contribution in [0, 0.1) is 0 Å². The van der Waals surface area contributed by atoms with Gasteiger partial charge in [-0.1, -0.05) is 18.7 Å². The Kier molecular flexibility index (Phi) is 7.10. The van der Waals surface area contributed by atoms with Gasteiger partial charge >= 0.3 is 0 Å². The third-order valence-corrected chi connectivity index (χ3v) is 4.02. The molecule has 1 aromatic rings. The first-order valence-electron chi connectivity index (χ1n) is 8.79. The largest absolute Gasteiger partial charge is 0.386 e. The van der Waals surface area contributed by atoms with E-state index in [1.54, 1.807) is 20.9 Å². The number of hydrogen-bond donors (Lipinski definition) is 4. The number of allylic oxidation sites excluding steroid dienone is 1. The number of rotatable bonds is 7. The van der Waals surface area contributed by atoms with Crippen molar-refractivity contribution in [2.45, 2.75) is 39.3 Å². The maximum Gasteiger partial charge on any atom is 0.268 e. The topological polar surface area (TPSA) is 116 Å². The number of hydrogen-bond acceptors (Lipinski definition) is 5. The van der Waals surface area contributed by atoms with Crippen LogP contribution in [0.4, 0.5) is 5.69 Å². The molecule has 0 fully saturated rings. The molecule has 1 heterocycles. The van der Waals surface area contributed by atoms with E-state index in [1.807, 2.05) is 12.1 Å². The average molecular weight is 369 g/mol. The zero-order chi connectivity index (χ0) is 19.8. The Labute approximate surface area is 159 Å². The van der Waals surface area contributed by atoms with E-state index in [-0.39, 0.29) is 11.6 Å². The summed E-state index contributed by atoms with van der Waals surface area (Å²) in [7, 11) is 1.59. The molecule has 0 aliphatic carbocycles. The van der Waals surface area contributed by atoms with Gasteiger partial charge < -0.3 is 16.4 Å². The first-order chi connectivity index (χ1) is 12.9. The lowest BCUT2D eigenvalue weighted by Gasteiger charge is -2.21. The van der Waals surface area contributed by atoms with Crippen molar-refractivity contribution in [2.24, 2.45) is 20.8 Å². The monoisotopic (exact) mass is 369 g/mol. The van der Waals surface area contributed by atoms with Crippen molar-refractivity contribution in [1.29, 1.82) is 0 Å². The molecule has 0 saturated heterocycles. The van der Waals surface area contributed by atoms with E-state index in [9.17, 15) is 4.79 Å². The third kappa shape index (κ3) is 5.95. The van der Waals surface area contributed by atoms with Gasteiger partial charge in [-0.2, -0.15) is 5.10 Å². The normalized spacial score (nSPS) is 15.9. The fraction of sp³-hybridized carbons (Fsp3) is 0.368. The van der Waals surface area contributed by atoms with Gasteiger partial charge in [0, 0.05) is 25.0 Å². The van der Waals surface area contributed by atoms with Crippen molar-refractivity contribution >= 4 is 29.5 Å². The van der Waals surface area contributed by atoms with Crippen molar-refractivity contribution in [3.05, 3.63) is 41.6 Å². The van der Waals surface area contributed by atoms with Crippen LogP contribution in [0.3, 0.4) is 0 Å². The van der Waals surface area contributed by atoms with Crippen molar-refractivity contribution < 1.29 is 4.79 Å². The number of benzene rings is 1. The second kappa shape index (κ2) is 9.51. The summed E-state index contributed by atoms with van der Waals surface area (Å²) in [5.41, 5.74) is 12.9. The lowest BCUT2D eigenvalue weighted by atomic mass is 10.00. The fourth-order valence-electron chi connectivity index (χ4n) is 2.63. The minimum absolute atomic E-state index is 0.273. The second-order valence-electron chi connectivity index (χ2n) is 6.39. The molecule has 1 aromatic carbocycles. The molecule has 5 N–H and O–H groups in total. The van der Waals surface area contributed by atoms with Gasteiger partial charge in [0.25, 0.3) is 5.91 Å². The first kappa shape index (κ1) is 20.2. The SMILES string of the molecule is C=C1CCc2ccc(CNC(=O)C(=NC=NC)C(C)N/N=C(\C)N)cc2N1. The molecule has 0 radical (unpaired) electrons. The van der Waals surface area contributed by atoms with Crippen LogP contribution in [-0.4, -0.2) is 36.9 Å². The van der Waals surface area contributed by atoms with Crippen molar-refractivity contribution in [1.82, 2.24) is 10.7 Å². The van der Waals surface area contributed by atoms with Crippen molar-refractivity contribution in [3.8, 4) is 0 Å². The van der Waals surface area contributed by atoms with Gasteiger partial charge in [-0.15, -0.1) is 0 Å². The first-order valence-corrected chi connectivity index (χ1v) is 8.79. The third-order valence-electron chi connectivity index (χ3n) is 4.02. The number of amides is 1. The highest BCUT2D eigenvalue weighted by Crippen LogP contribution is 2.26. The van der Waals surface area contributed by atoms with E-state index < -0.39 is 6.04 Å². The number of carbonyl (C=O) groups is 1. The van der Waals surface area contributed by atoms with Crippen LogP contribution in [0.2, 0.25) is 0 Å². The molecule has 1 unspecified atom stereocenters. The van der Waals surface area contributed by atoms with Gasteiger partial charge in [0.15, 0.2) is 0 Å². The van der Waals surface area contributed by atoms with Crippen LogP contribution >= 0.6 is 0 Å². The van der Waals surface area contributed by atoms with Gasteiger partial charge in [0.2, 0.25) is 0 Å². The molecule has 144 valence electrons. The summed E-state index contributed by atoms with van der Waals surface area (Å²) in [4.78, 5) is 20.5. The molecule has 1 aliphatic rings. The zero-order valence-corrected chi connectivity index (χ0v) is 16.0. The van der Waals surface area contributed by atoms with Crippen LogP contribution in [-0.2, 0) is 17.8 Å². The highest BCUT2D eigenvalue weighted by Gasteiger charge is 2.19. The smallest absolute Gasteiger partial charge is 0.268 e.